The van der Waals surface area contributed by atoms with Crippen LogP contribution in [0.2, 0.25) is 0 Å². The highest BCUT2D eigenvalue weighted by molar-refractivity contribution is 6.04. The summed E-state index contributed by atoms with van der Waals surface area (Å²) in [7, 11) is 2.83. The Morgan fingerprint density at radius 2 is 1.80 bits per heavy atom. The molecule has 30 heavy (non-hydrogen) atoms. The van der Waals surface area contributed by atoms with Crippen LogP contribution in [-0.4, -0.2) is 55.9 Å². The number of oxime groups is 1. The van der Waals surface area contributed by atoms with Crippen LogP contribution in [0.4, 0.5) is 0 Å². The Morgan fingerprint density at radius 1 is 1.13 bits per heavy atom. The zero-order chi connectivity index (χ0) is 22.3. The minimum absolute atomic E-state index is 0.187. The van der Waals surface area contributed by atoms with Gasteiger partial charge in [0.1, 0.15) is 5.75 Å². The van der Waals surface area contributed by atoms with Crippen LogP contribution in [0.15, 0.2) is 29.4 Å². The molecular weight excluding hydrogens is 392 g/mol. The van der Waals surface area contributed by atoms with E-state index < -0.39 is 30.4 Å². The molecule has 0 aliphatic carbocycles. The number of aromatic amines is 1. The van der Waals surface area contributed by atoms with Crippen molar-refractivity contribution >= 4 is 23.9 Å². The predicted molar refractivity (Wildman–Crippen MR) is 108 cm³/mol. The van der Waals surface area contributed by atoms with Gasteiger partial charge >= 0.3 is 11.9 Å². The molecule has 2 rings (SSSR count). The zero-order valence-corrected chi connectivity index (χ0v) is 17.5. The van der Waals surface area contributed by atoms with E-state index in [9.17, 15) is 14.4 Å². The number of nitrogens with one attached hydrogen (secondary N) is 1. The third kappa shape index (κ3) is 5.47. The molecule has 1 aromatic carbocycles. The first-order chi connectivity index (χ1) is 14.3. The molecule has 0 unspecified atom stereocenters. The number of hydrogen-bond donors (Lipinski definition) is 1. The number of carbonyl (C=O) groups excluding carboxylic acids is 3. The summed E-state index contributed by atoms with van der Waals surface area (Å²) >= 11 is 0. The van der Waals surface area contributed by atoms with Crippen molar-refractivity contribution in [2.24, 2.45) is 5.16 Å². The molecule has 0 aliphatic heterocycles. The van der Waals surface area contributed by atoms with Gasteiger partial charge in [0.25, 0.3) is 0 Å². The number of benzene rings is 1. The van der Waals surface area contributed by atoms with Crippen molar-refractivity contribution in [1.82, 2.24) is 4.98 Å². The Bertz CT molecular complexity index is 945. The van der Waals surface area contributed by atoms with Crippen molar-refractivity contribution in [2.45, 2.75) is 26.9 Å². The van der Waals surface area contributed by atoms with Crippen molar-refractivity contribution in [2.75, 3.05) is 20.8 Å². The van der Waals surface area contributed by atoms with E-state index >= 15 is 0 Å². The highest BCUT2D eigenvalue weighted by atomic mass is 16.7. The molecule has 2 aromatic rings. The standard InChI is InChI=1S/C21H24N2O7/c1-12-18(21(26)28-5)13(2)23-19(12)20(25)14(3)30-17(24)11-29-22-10-15-6-8-16(27-4)9-7-15/h6-10,14,23H,11H2,1-5H3/b22-10-/t14-/m1/s1. The molecule has 1 heterocycles. The van der Waals surface area contributed by atoms with Crippen LogP contribution in [0.5, 0.6) is 5.75 Å². The Hall–Kier alpha value is -3.62. The van der Waals surface area contributed by atoms with E-state index in [1.54, 1.807) is 45.2 Å². The Balaban J connectivity index is 1.90. The molecule has 0 aliphatic rings. The Kier molecular flexibility index (Phi) is 7.74. The summed E-state index contributed by atoms with van der Waals surface area (Å²) in [5.41, 5.74) is 2.17. The topological polar surface area (TPSA) is 116 Å². The molecule has 0 radical (unpaired) electrons. The second-order valence-electron chi connectivity index (χ2n) is 6.39. The van der Waals surface area contributed by atoms with Crippen LogP contribution in [0.3, 0.4) is 0 Å². The summed E-state index contributed by atoms with van der Waals surface area (Å²) in [6.07, 6.45) is 0.356. The van der Waals surface area contributed by atoms with Crippen LogP contribution >= 0.6 is 0 Å². The van der Waals surface area contributed by atoms with Gasteiger partial charge in [-0.15, -0.1) is 0 Å². The monoisotopic (exact) mass is 416 g/mol. The van der Waals surface area contributed by atoms with Crippen molar-refractivity contribution in [1.29, 1.82) is 0 Å². The number of rotatable bonds is 9. The first-order valence-electron chi connectivity index (χ1n) is 9.09. The van der Waals surface area contributed by atoms with Gasteiger partial charge in [-0.25, -0.2) is 9.59 Å². The summed E-state index contributed by atoms with van der Waals surface area (Å²) in [5, 5.41) is 3.70. The lowest BCUT2D eigenvalue weighted by Gasteiger charge is -2.11. The number of esters is 2. The smallest absolute Gasteiger partial charge is 0.347 e. The molecule has 9 nitrogen and oxygen atoms in total. The lowest BCUT2D eigenvalue weighted by Crippen LogP contribution is -2.27. The van der Waals surface area contributed by atoms with Gasteiger partial charge < -0.3 is 24.0 Å². The van der Waals surface area contributed by atoms with Crippen molar-refractivity contribution in [3.63, 3.8) is 0 Å². The van der Waals surface area contributed by atoms with Gasteiger partial charge in [0.05, 0.1) is 31.7 Å². The molecule has 0 amide bonds. The van der Waals surface area contributed by atoms with Gasteiger partial charge in [-0.3, -0.25) is 4.79 Å². The first-order valence-corrected chi connectivity index (χ1v) is 9.09. The molecule has 0 spiro atoms. The highest BCUT2D eigenvalue weighted by Gasteiger charge is 2.27. The molecule has 160 valence electrons. The van der Waals surface area contributed by atoms with Crippen LogP contribution in [0.1, 0.15) is 44.6 Å². The van der Waals surface area contributed by atoms with E-state index in [1.807, 2.05) is 0 Å². The van der Waals surface area contributed by atoms with E-state index in [0.717, 1.165) is 5.56 Å². The molecular formula is C21H24N2O7. The average molecular weight is 416 g/mol. The van der Waals surface area contributed by atoms with Crippen LogP contribution in [0, 0.1) is 13.8 Å². The summed E-state index contributed by atoms with van der Waals surface area (Å²) in [4.78, 5) is 44.1. The van der Waals surface area contributed by atoms with E-state index in [4.69, 9.17) is 19.0 Å². The van der Waals surface area contributed by atoms with E-state index in [2.05, 4.69) is 10.1 Å². The van der Waals surface area contributed by atoms with Gasteiger partial charge in [-0.05, 0) is 56.2 Å². The van der Waals surface area contributed by atoms with E-state index in [1.165, 1.54) is 20.2 Å². The average Bonchev–Trinajstić information content (AvgIpc) is 3.04. The van der Waals surface area contributed by atoms with Crippen LogP contribution < -0.4 is 4.74 Å². The molecule has 0 bridgehead atoms. The quantitative estimate of drug-likeness (QED) is 0.289. The lowest BCUT2D eigenvalue weighted by atomic mass is 10.1. The number of Topliss-reactive ketones (excluding diaryl/α,β-unsaturated/α-hetero) is 1. The van der Waals surface area contributed by atoms with Crippen molar-refractivity contribution in [3.8, 4) is 5.75 Å². The second-order valence-corrected chi connectivity index (χ2v) is 6.39. The summed E-state index contributed by atoms with van der Waals surface area (Å²) in [5.74, 6) is -1.06. The molecule has 0 saturated carbocycles. The number of hydrogen-bond acceptors (Lipinski definition) is 8. The number of carbonyl (C=O) groups is 3. The fourth-order valence-electron chi connectivity index (χ4n) is 2.77. The van der Waals surface area contributed by atoms with Gasteiger partial charge in [-0.2, -0.15) is 0 Å². The van der Waals surface area contributed by atoms with Crippen molar-refractivity contribution < 1.29 is 33.4 Å². The number of nitrogens with zero attached hydrogens (tertiary/aromatic N) is 1. The van der Waals surface area contributed by atoms with E-state index in [-0.39, 0.29) is 11.3 Å². The fraction of sp³-hybridized carbons (Fsp3) is 0.333. The highest BCUT2D eigenvalue weighted by Crippen LogP contribution is 2.20. The largest absolute Gasteiger partial charge is 0.497 e. The summed E-state index contributed by atoms with van der Waals surface area (Å²) in [6.45, 7) is 4.25. The van der Waals surface area contributed by atoms with Crippen LogP contribution in [-0.2, 0) is 19.1 Å². The zero-order valence-electron chi connectivity index (χ0n) is 17.5. The Labute approximate surface area is 174 Å². The minimum atomic E-state index is -1.08. The molecule has 0 saturated heterocycles. The third-order valence-corrected chi connectivity index (χ3v) is 4.33. The number of methoxy groups -OCH3 is 2. The van der Waals surface area contributed by atoms with Gasteiger partial charge in [0.15, 0.2) is 6.10 Å². The molecule has 1 N–H and O–H groups in total. The third-order valence-electron chi connectivity index (χ3n) is 4.33. The number of aryl methyl sites for hydroxylation is 1. The number of aromatic nitrogens is 1. The summed E-state index contributed by atoms with van der Waals surface area (Å²) < 4.78 is 14.9. The van der Waals surface area contributed by atoms with E-state index in [0.29, 0.717) is 17.0 Å². The molecule has 1 atom stereocenters. The summed E-state index contributed by atoms with van der Waals surface area (Å²) in [6, 6.07) is 7.07. The molecule has 1 aromatic heterocycles. The van der Waals surface area contributed by atoms with Crippen LogP contribution in [0.25, 0.3) is 0 Å². The maximum atomic E-state index is 12.6. The molecule has 9 heteroatoms. The SMILES string of the molecule is COC(=O)c1c(C)[nH]c(C(=O)[C@@H](C)OC(=O)CO/N=C\c2ccc(OC)cc2)c1C. The lowest BCUT2D eigenvalue weighted by molar-refractivity contribution is -0.151. The van der Waals surface area contributed by atoms with Gasteiger partial charge in [0.2, 0.25) is 12.4 Å². The maximum Gasteiger partial charge on any atom is 0.347 e. The first kappa shape index (κ1) is 22.7. The number of ether oxygens (including phenoxy) is 3. The number of ketones is 1. The van der Waals surface area contributed by atoms with Gasteiger partial charge in [0, 0.05) is 5.69 Å². The van der Waals surface area contributed by atoms with Gasteiger partial charge in [-0.1, -0.05) is 5.16 Å². The number of H-pyrrole nitrogens is 1. The minimum Gasteiger partial charge on any atom is -0.497 e. The Morgan fingerprint density at radius 3 is 2.40 bits per heavy atom. The second kappa shape index (κ2) is 10.2. The maximum absolute atomic E-state index is 12.6. The normalized spacial score (nSPS) is 11.8. The van der Waals surface area contributed by atoms with Crippen molar-refractivity contribution in [3.05, 3.63) is 52.3 Å². The fourth-order valence-corrected chi connectivity index (χ4v) is 2.77. The predicted octanol–water partition coefficient (Wildman–Crippen LogP) is 2.59. The molecule has 0 fully saturated rings.